The van der Waals surface area contributed by atoms with Crippen molar-refractivity contribution >= 4 is 22.5 Å². The van der Waals surface area contributed by atoms with Crippen LogP contribution in [0.1, 0.15) is 41.8 Å². The van der Waals surface area contributed by atoms with Crippen LogP contribution in [0.2, 0.25) is 0 Å². The normalized spacial score (nSPS) is 20.5. The molecule has 3 heterocycles. The highest BCUT2D eigenvalue weighted by molar-refractivity contribution is 7.15. The zero-order valence-electron chi connectivity index (χ0n) is 16.6. The first kappa shape index (κ1) is 19.3. The number of hydrogen-bond donors (Lipinski definition) is 1. The van der Waals surface area contributed by atoms with E-state index in [9.17, 15) is 4.79 Å². The molecule has 0 aliphatic carbocycles. The number of aromatic nitrogens is 2. The molecule has 2 aromatic rings. The van der Waals surface area contributed by atoms with E-state index in [4.69, 9.17) is 0 Å². The lowest BCUT2D eigenvalue weighted by atomic mass is 10.1. The van der Waals surface area contributed by atoms with E-state index in [2.05, 4.69) is 51.6 Å². The first-order chi connectivity index (χ1) is 13.7. The maximum atomic E-state index is 12.6. The molecule has 0 saturated carbocycles. The average Bonchev–Trinajstić information content (AvgIpc) is 3.34. The van der Waals surface area contributed by atoms with Crippen LogP contribution < -0.4 is 5.32 Å². The van der Waals surface area contributed by atoms with Gasteiger partial charge >= 0.3 is 6.03 Å². The van der Waals surface area contributed by atoms with Crippen LogP contribution in [0.25, 0.3) is 0 Å². The van der Waals surface area contributed by atoms with E-state index in [0.29, 0.717) is 11.0 Å². The number of likely N-dealkylation sites (tertiary alicyclic amines) is 2. The summed E-state index contributed by atoms with van der Waals surface area (Å²) in [5.41, 5.74) is 2.46. The molecule has 2 saturated heterocycles. The Labute approximate surface area is 171 Å². The van der Waals surface area contributed by atoms with E-state index in [1.165, 1.54) is 54.8 Å². The molecular weight excluding hydrogens is 370 g/mol. The molecule has 1 N–H and O–H groups in total. The summed E-state index contributed by atoms with van der Waals surface area (Å²) < 4.78 is 0. The Kier molecular flexibility index (Phi) is 6.22. The minimum Gasteiger partial charge on any atom is -0.324 e. The number of nitrogens with one attached hydrogen (secondary N) is 1. The van der Waals surface area contributed by atoms with Gasteiger partial charge in [-0.1, -0.05) is 47.6 Å². The summed E-state index contributed by atoms with van der Waals surface area (Å²) in [6.45, 7) is 7.33. The maximum Gasteiger partial charge on any atom is 0.323 e. The maximum absolute atomic E-state index is 12.6. The predicted molar refractivity (Wildman–Crippen MR) is 113 cm³/mol. The van der Waals surface area contributed by atoms with Crippen molar-refractivity contribution in [2.45, 2.75) is 39.0 Å². The van der Waals surface area contributed by atoms with Gasteiger partial charge in [-0.15, -0.1) is 10.2 Å². The van der Waals surface area contributed by atoms with Gasteiger partial charge in [-0.2, -0.15) is 0 Å². The molecule has 28 heavy (non-hydrogen) atoms. The highest BCUT2D eigenvalue weighted by atomic mass is 32.1. The minimum absolute atomic E-state index is 0.0424. The number of nitrogens with zero attached hydrogens (tertiary/aromatic N) is 4. The van der Waals surface area contributed by atoms with Gasteiger partial charge < -0.3 is 9.80 Å². The van der Waals surface area contributed by atoms with Gasteiger partial charge in [0.25, 0.3) is 0 Å². The molecule has 0 spiro atoms. The predicted octanol–water partition coefficient (Wildman–Crippen LogP) is 3.78. The quantitative estimate of drug-likeness (QED) is 0.831. The van der Waals surface area contributed by atoms with E-state index in [1.54, 1.807) is 0 Å². The van der Waals surface area contributed by atoms with Crippen molar-refractivity contribution in [2.75, 3.05) is 38.0 Å². The number of urea groups is 1. The van der Waals surface area contributed by atoms with Crippen LogP contribution in [0.3, 0.4) is 0 Å². The molecule has 0 radical (unpaired) electrons. The van der Waals surface area contributed by atoms with Crippen molar-refractivity contribution in [1.82, 2.24) is 20.0 Å². The zero-order valence-corrected chi connectivity index (χ0v) is 17.4. The van der Waals surface area contributed by atoms with Gasteiger partial charge in [-0.3, -0.25) is 5.32 Å². The number of aryl methyl sites for hydroxylation is 1. The number of piperidine rings is 1. The molecule has 7 heteroatoms. The average molecular weight is 400 g/mol. The van der Waals surface area contributed by atoms with Crippen molar-refractivity contribution < 1.29 is 4.79 Å². The number of anilines is 1. The third-order valence-corrected chi connectivity index (χ3v) is 6.53. The molecule has 1 atom stereocenters. The summed E-state index contributed by atoms with van der Waals surface area (Å²) in [5.74, 6) is 0.593. The van der Waals surface area contributed by atoms with E-state index < -0.39 is 0 Å². The first-order valence-corrected chi connectivity index (χ1v) is 11.1. The van der Waals surface area contributed by atoms with Crippen LogP contribution in [0.4, 0.5) is 9.93 Å². The largest absolute Gasteiger partial charge is 0.324 e. The zero-order chi connectivity index (χ0) is 19.3. The molecule has 2 fully saturated rings. The van der Waals surface area contributed by atoms with Crippen LogP contribution in [-0.2, 0) is 6.42 Å². The van der Waals surface area contributed by atoms with Crippen LogP contribution in [0, 0.1) is 12.8 Å². The molecule has 6 nitrogen and oxygen atoms in total. The molecular formula is C21H29N5OS. The third kappa shape index (κ3) is 5.08. The fraction of sp³-hybridized carbons (Fsp3) is 0.571. The van der Waals surface area contributed by atoms with E-state index in [0.717, 1.165) is 37.5 Å². The van der Waals surface area contributed by atoms with Gasteiger partial charge in [-0.25, -0.2) is 4.79 Å². The Balaban J connectivity index is 1.26. The Morgan fingerprint density at radius 1 is 1.14 bits per heavy atom. The Hall–Kier alpha value is -1.99. The molecule has 2 amide bonds. The highest BCUT2D eigenvalue weighted by Gasteiger charge is 2.28. The first-order valence-electron chi connectivity index (χ1n) is 10.3. The van der Waals surface area contributed by atoms with E-state index in [1.807, 2.05) is 4.90 Å². The van der Waals surface area contributed by atoms with Crippen molar-refractivity contribution in [3.05, 3.63) is 40.4 Å². The standard InChI is InChI=1S/C21H29N5OS/c1-16-5-7-17(8-6-16)13-19-23-24-20(28-19)22-21(27)26-12-9-18(15-26)14-25-10-3-2-4-11-25/h5-8,18H,2-4,9-15H2,1H3,(H,22,24,27). The van der Waals surface area contributed by atoms with Crippen LogP contribution in [-0.4, -0.2) is 58.8 Å². The van der Waals surface area contributed by atoms with Crippen LogP contribution in [0.5, 0.6) is 0 Å². The molecule has 1 aromatic heterocycles. The van der Waals surface area contributed by atoms with Crippen LogP contribution in [0.15, 0.2) is 24.3 Å². The molecule has 1 aromatic carbocycles. The second-order valence-corrected chi connectivity index (χ2v) is 9.12. The van der Waals surface area contributed by atoms with Gasteiger partial charge in [0.2, 0.25) is 5.13 Å². The minimum atomic E-state index is -0.0424. The van der Waals surface area contributed by atoms with Gasteiger partial charge in [-0.05, 0) is 50.8 Å². The smallest absolute Gasteiger partial charge is 0.323 e. The van der Waals surface area contributed by atoms with Crippen molar-refractivity contribution in [3.8, 4) is 0 Å². The van der Waals surface area contributed by atoms with Crippen molar-refractivity contribution in [2.24, 2.45) is 5.92 Å². The SMILES string of the molecule is Cc1ccc(Cc2nnc(NC(=O)N3CCC(CN4CCCCC4)C3)s2)cc1. The second-order valence-electron chi connectivity index (χ2n) is 8.06. The number of carbonyl (C=O) groups is 1. The molecule has 0 bridgehead atoms. The summed E-state index contributed by atoms with van der Waals surface area (Å²) in [4.78, 5) is 17.1. The monoisotopic (exact) mass is 399 g/mol. The van der Waals surface area contributed by atoms with Gasteiger partial charge in [0.05, 0.1) is 0 Å². The highest BCUT2D eigenvalue weighted by Crippen LogP contribution is 2.23. The fourth-order valence-electron chi connectivity index (χ4n) is 4.10. The molecule has 2 aliphatic heterocycles. The fourth-order valence-corrected chi connectivity index (χ4v) is 4.86. The summed E-state index contributed by atoms with van der Waals surface area (Å²) in [7, 11) is 0. The summed E-state index contributed by atoms with van der Waals surface area (Å²) in [6.07, 6.45) is 5.84. The lowest BCUT2D eigenvalue weighted by molar-refractivity contribution is 0.192. The Bertz CT molecular complexity index is 784. The van der Waals surface area contributed by atoms with Gasteiger partial charge in [0, 0.05) is 26.1 Å². The van der Waals surface area contributed by atoms with Crippen molar-refractivity contribution in [3.63, 3.8) is 0 Å². The lowest BCUT2D eigenvalue weighted by Gasteiger charge is -2.28. The number of carbonyl (C=O) groups excluding carboxylic acids is 1. The molecule has 1 unspecified atom stereocenters. The number of hydrogen-bond acceptors (Lipinski definition) is 5. The Morgan fingerprint density at radius 3 is 2.71 bits per heavy atom. The topological polar surface area (TPSA) is 61.4 Å². The van der Waals surface area contributed by atoms with Crippen LogP contribution >= 0.6 is 11.3 Å². The van der Waals surface area contributed by atoms with Gasteiger partial charge in [0.15, 0.2) is 0 Å². The number of rotatable bonds is 5. The molecule has 150 valence electrons. The lowest BCUT2D eigenvalue weighted by Crippen LogP contribution is -2.37. The summed E-state index contributed by atoms with van der Waals surface area (Å²) in [6, 6.07) is 8.39. The number of benzene rings is 1. The molecule has 2 aliphatic rings. The summed E-state index contributed by atoms with van der Waals surface area (Å²) in [5, 5.41) is 12.8. The van der Waals surface area contributed by atoms with Crippen molar-refractivity contribution in [1.29, 1.82) is 0 Å². The second kappa shape index (κ2) is 9.01. The van der Waals surface area contributed by atoms with E-state index >= 15 is 0 Å². The Morgan fingerprint density at radius 2 is 1.93 bits per heavy atom. The van der Waals surface area contributed by atoms with E-state index in [-0.39, 0.29) is 6.03 Å². The summed E-state index contributed by atoms with van der Waals surface area (Å²) >= 11 is 1.46. The third-order valence-electron chi connectivity index (χ3n) is 5.69. The van der Waals surface area contributed by atoms with Gasteiger partial charge in [0.1, 0.15) is 5.01 Å². The molecule has 4 rings (SSSR count). The number of amides is 2.